The Morgan fingerprint density at radius 3 is 2.57 bits per heavy atom. The van der Waals surface area contributed by atoms with Crippen LogP contribution in [-0.4, -0.2) is 6.21 Å². The third-order valence-electron chi connectivity index (χ3n) is 0.482. The van der Waals surface area contributed by atoms with Gasteiger partial charge in [0.25, 0.3) is 0 Å². The first-order valence-electron chi connectivity index (χ1n) is 1.85. The molecule has 0 aliphatic heterocycles. The second kappa shape index (κ2) is 4.11. The quantitative estimate of drug-likeness (QED) is 0.404. The highest BCUT2D eigenvalue weighted by atomic mass is 127. The standard InChI is InChI=1S/C4H7IN2/c1-4(7-5)2-3-6/h2-3,6-7H,1H3/b4-2-,6-3?. The molecular weight excluding hydrogens is 203 g/mol. The fourth-order valence-corrected chi connectivity index (χ4v) is 0.336. The van der Waals surface area contributed by atoms with Crippen LogP contribution in [0.25, 0.3) is 0 Å². The van der Waals surface area contributed by atoms with Crippen LogP contribution in [0, 0.1) is 5.41 Å². The highest BCUT2D eigenvalue weighted by Crippen LogP contribution is 1.85. The average Bonchev–Trinajstić information content (AvgIpc) is 1.68. The first-order valence-corrected chi connectivity index (χ1v) is 2.93. The minimum atomic E-state index is 0.996. The molecule has 0 heterocycles. The third kappa shape index (κ3) is 3.78. The number of rotatable bonds is 2. The summed E-state index contributed by atoms with van der Waals surface area (Å²) in [6.07, 6.45) is 2.94. The summed E-state index contributed by atoms with van der Waals surface area (Å²) in [5.41, 5.74) is 0.996. The molecule has 7 heavy (non-hydrogen) atoms. The van der Waals surface area contributed by atoms with E-state index in [1.807, 2.05) is 29.8 Å². The Hall–Kier alpha value is -0.0600. The van der Waals surface area contributed by atoms with E-state index in [-0.39, 0.29) is 0 Å². The van der Waals surface area contributed by atoms with Gasteiger partial charge in [0, 0.05) is 11.9 Å². The van der Waals surface area contributed by atoms with Crippen LogP contribution in [0.1, 0.15) is 6.92 Å². The molecule has 0 atom stereocenters. The summed E-state index contributed by atoms with van der Waals surface area (Å²) in [6, 6.07) is 0. The van der Waals surface area contributed by atoms with E-state index in [2.05, 4.69) is 3.53 Å². The number of allylic oxidation sites excluding steroid dienone is 2. The molecule has 0 aromatic carbocycles. The van der Waals surface area contributed by atoms with Gasteiger partial charge in [-0.2, -0.15) is 0 Å². The van der Waals surface area contributed by atoms with Gasteiger partial charge in [-0.15, -0.1) is 0 Å². The third-order valence-corrected chi connectivity index (χ3v) is 1.33. The summed E-state index contributed by atoms with van der Waals surface area (Å²) in [4.78, 5) is 0. The molecule has 0 spiro atoms. The minimum Gasteiger partial charge on any atom is -0.332 e. The number of hydrogen-bond acceptors (Lipinski definition) is 2. The zero-order valence-electron chi connectivity index (χ0n) is 4.03. The molecular formula is C4H7IN2. The molecule has 3 heteroatoms. The minimum absolute atomic E-state index is 0.996. The number of nitrogens with one attached hydrogen (secondary N) is 2. The molecule has 40 valence electrons. The number of halogens is 1. The van der Waals surface area contributed by atoms with Crippen molar-refractivity contribution in [3.63, 3.8) is 0 Å². The molecule has 0 amide bonds. The van der Waals surface area contributed by atoms with E-state index in [4.69, 9.17) is 5.41 Å². The van der Waals surface area contributed by atoms with Crippen molar-refractivity contribution >= 4 is 29.1 Å². The van der Waals surface area contributed by atoms with Gasteiger partial charge in [-0.25, -0.2) is 0 Å². The van der Waals surface area contributed by atoms with Crippen molar-refractivity contribution in [2.45, 2.75) is 6.92 Å². The predicted molar refractivity (Wildman–Crippen MR) is 39.7 cm³/mol. The Bertz CT molecular complexity index is 87.7. The van der Waals surface area contributed by atoms with E-state index in [1.54, 1.807) is 6.08 Å². The van der Waals surface area contributed by atoms with Gasteiger partial charge < -0.3 is 8.94 Å². The second-order valence-corrected chi connectivity index (χ2v) is 1.65. The van der Waals surface area contributed by atoms with Crippen molar-refractivity contribution in [3.8, 4) is 0 Å². The van der Waals surface area contributed by atoms with Crippen LogP contribution < -0.4 is 3.53 Å². The molecule has 0 rings (SSSR count). The maximum atomic E-state index is 6.59. The smallest absolute Gasteiger partial charge is 0.0557 e. The summed E-state index contributed by atoms with van der Waals surface area (Å²) in [5, 5.41) is 6.59. The van der Waals surface area contributed by atoms with Gasteiger partial charge in [0.05, 0.1) is 22.9 Å². The number of hydrogen-bond donors (Lipinski definition) is 2. The second-order valence-electron chi connectivity index (χ2n) is 1.11. The molecule has 0 aromatic heterocycles. The molecule has 0 aliphatic carbocycles. The molecule has 0 aromatic rings. The molecule has 0 bridgehead atoms. The topological polar surface area (TPSA) is 35.9 Å². The van der Waals surface area contributed by atoms with Crippen LogP contribution in [0.4, 0.5) is 0 Å². The highest BCUT2D eigenvalue weighted by molar-refractivity contribution is 14.1. The first-order chi connectivity index (χ1) is 3.31. The average molecular weight is 210 g/mol. The van der Waals surface area contributed by atoms with Gasteiger partial charge in [-0.05, 0) is 13.0 Å². The van der Waals surface area contributed by atoms with Gasteiger partial charge in [-0.3, -0.25) is 0 Å². The van der Waals surface area contributed by atoms with E-state index >= 15 is 0 Å². The van der Waals surface area contributed by atoms with Crippen LogP contribution >= 0.6 is 22.9 Å². The van der Waals surface area contributed by atoms with Crippen molar-refractivity contribution < 1.29 is 0 Å². The lowest BCUT2D eigenvalue weighted by atomic mass is 10.5. The van der Waals surface area contributed by atoms with E-state index in [0.29, 0.717) is 0 Å². The van der Waals surface area contributed by atoms with Crippen LogP contribution in [0.2, 0.25) is 0 Å². The SMILES string of the molecule is C/C(=C/C=N)NI. The van der Waals surface area contributed by atoms with Crippen molar-refractivity contribution in [3.05, 3.63) is 11.8 Å². The molecule has 2 nitrogen and oxygen atoms in total. The lowest BCUT2D eigenvalue weighted by Gasteiger charge is -1.89. The Morgan fingerprint density at radius 1 is 1.86 bits per heavy atom. The molecule has 0 saturated carbocycles. The highest BCUT2D eigenvalue weighted by Gasteiger charge is 1.74. The molecule has 2 N–H and O–H groups in total. The largest absolute Gasteiger partial charge is 0.332 e. The monoisotopic (exact) mass is 210 g/mol. The lowest BCUT2D eigenvalue weighted by Crippen LogP contribution is -1.90. The van der Waals surface area contributed by atoms with Gasteiger partial charge in [0.15, 0.2) is 0 Å². The molecule has 0 saturated heterocycles. The normalized spacial score (nSPS) is 10.9. The van der Waals surface area contributed by atoms with Crippen LogP contribution in [0.3, 0.4) is 0 Å². The Balaban J connectivity index is 3.49. The summed E-state index contributed by atoms with van der Waals surface area (Å²) in [6.45, 7) is 1.90. The van der Waals surface area contributed by atoms with E-state index in [9.17, 15) is 0 Å². The Labute approximate surface area is 57.0 Å². The lowest BCUT2D eigenvalue weighted by molar-refractivity contribution is 1.26. The van der Waals surface area contributed by atoms with Crippen molar-refractivity contribution in [1.29, 1.82) is 5.41 Å². The molecule has 0 unspecified atom stereocenters. The van der Waals surface area contributed by atoms with E-state index in [0.717, 1.165) is 5.70 Å². The Morgan fingerprint density at radius 2 is 2.43 bits per heavy atom. The van der Waals surface area contributed by atoms with Gasteiger partial charge in [0.1, 0.15) is 0 Å². The van der Waals surface area contributed by atoms with Crippen molar-refractivity contribution in [2.24, 2.45) is 0 Å². The van der Waals surface area contributed by atoms with Gasteiger partial charge in [-0.1, -0.05) is 0 Å². The zero-order valence-corrected chi connectivity index (χ0v) is 6.19. The van der Waals surface area contributed by atoms with Gasteiger partial charge >= 0.3 is 0 Å². The zero-order chi connectivity index (χ0) is 5.70. The van der Waals surface area contributed by atoms with Crippen LogP contribution in [-0.2, 0) is 0 Å². The van der Waals surface area contributed by atoms with Crippen molar-refractivity contribution in [1.82, 2.24) is 3.53 Å². The molecule has 0 fully saturated rings. The fourth-order valence-electron chi connectivity index (χ4n) is 0.156. The molecule has 0 radical (unpaired) electrons. The van der Waals surface area contributed by atoms with Crippen LogP contribution in [0.15, 0.2) is 11.8 Å². The fraction of sp³-hybridized carbons (Fsp3) is 0.250. The molecule has 0 aliphatic rings. The Kier molecular flexibility index (Phi) is 4.07. The first kappa shape index (κ1) is 6.94. The summed E-state index contributed by atoms with van der Waals surface area (Å²) in [7, 11) is 0. The summed E-state index contributed by atoms with van der Waals surface area (Å²) >= 11 is 2.02. The summed E-state index contributed by atoms with van der Waals surface area (Å²) in [5.74, 6) is 0. The van der Waals surface area contributed by atoms with E-state index < -0.39 is 0 Å². The van der Waals surface area contributed by atoms with E-state index in [1.165, 1.54) is 6.21 Å². The maximum absolute atomic E-state index is 6.59. The van der Waals surface area contributed by atoms with Crippen LogP contribution in [0.5, 0.6) is 0 Å². The predicted octanol–water partition coefficient (Wildman–Crippen LogP) is 1.48. The van der Waals surface area contributed by atoms with Crippen molar-refractivity contribution in [2.75, 3.05) is 0 Å². The summed E-state index contributed by atoms with van der Waals surface area (Å²) < 4.78 is 2.85. The van der Waals surface area contributed by atoms with Gasteiger partial charge in [0.2, 0.25) is 0 Å². The maximum Gasteiger partial charge on any atom is 0.0557 e.